The van der Waals surface area contributed by atoms with Gasteiger partial charge in [-0.2, -0.15) is 4.98 Å². The lowest BCUT2D eigenvalue weighted by Crippen LogP contribution is -2.32. The zero-order valence-electron chi connectivity index (χ0n) is 19.7. The van der Waals surface area contributed by atoms with Gasteiger partial charge in [0, 0.05) is 11.7 Å². The van der Waals surface area contributed by atoms with Gasteiger partial charge < -0.3 is 20.3 Å². The average Bonchev–Trinajstić information content (AvgIpc) is 3.39. The number of halogens is 1. The summed E-state index contributed by atoms with van der Waals surface area (Å²) in [6.45, 7) is 7.30. The highest BCUT2D eigenvalue weighted by molar-refractivity contribution is 5.58. The van der Waals surface area contributed by atoms with Crippen molar-refractivity contribution >= 4 is 17.5 Å². The molecule has 7 heteroatoms. The molecule has 2 N–H and O–H groups in total. The van der Waals surface area contributed by atoms with Gasteiger partial charge in [-0.25, -0.2) is 9.37 Å². The third kappa shape index (κ3) is 4.83. The number of likely N-dealkylation sites (tertiary alicyclic amines) is 1. The van der Waals surface area contributed by atoms with Crippen molar-refractivity contribution in [1.82, 2.24) is 14.9 Å². The van der Waals surface area contributed by atoms with Crippen LogP contribution in [0.2, 0.25) is 0 Å². The van der Waals surface area contributed by atoms with Crippen molar-refractivity contribution < 1.29 is 9.13 Å². The van der Waals surface area contributed by atoms with Crippen LogP contribution in [-0.4, -0.2) is 47.7 Å². The number of fused-ring (bicyclic) bond motifs is 2. The monoisotopic (exact) mass is 451 g/mol. The zero-order valence-corrected chi connectivity index (χ0v) is 19.7. The molecule has 1 saturated carbocycles. The summed E-state index contributed by atoms with van der Waals surface area (Å²) in [5, 5.41) is 6.56. The lowest BCUT2D eigenvalue weighted by Gasteiger charge is -2.28. The predicted molar refractivity (Wildman–Crippen MR) is 129 cm³/mol. The molecule has 2 fully saturated rings. The number of aryl methyl sites for hydroxylation is 1. The number of hydrogen-bond donors (Lipinski definition) is 2. The number of hydrogen-bond acceptors (Lipinski definition) is 6. The van der Waals surface area contributed by atoms with Crippen molar-refractivity contribution in [3.8, 4) is 5.75 Å². The molecule has 2 bridgehead atoms. The molecule has 1 aromatic heterocycles. The van der Waals surface area contributed by atoms with Gasteiger partial charge in [-0.15, -0.1) is 0 Å². The Morgan fingerprint density at radius 3 is 2.70 bits per heavy atom. The number of anilines is 3. The fraction of sp³-hybridized carbons (Fsp3) is 0.538. The van der Waals surface area contributed by atoms with Crippen LogP contribution in [0.25, 0.3) is 0 Å². The van der Waals surface area contributed by atoms with E-state index in [1.807, 2.05) is 25.1 Å². The van der Waals surface area contributed by atoms with E-state index >= 15 is 0 Å². The Hall–Kier alpha value is -2.67. The minimum absolute atomic E-state index is 0.209. The molecule has 0 unspecified atom stereocenters. The van der Waals surface area contributed by atoms with Crippen LogP contribution in [0.5, 0.6) is 5.75 Å². The molecule has 1 aromatic carbocycles. The first-order valence-corrected chi connectivity index (χ1v) is 12.1. The Bertz CT molecular complexity index is 1020. The van der Waals surface area contributed by atoms with E-state index in [9.17, 15) is 4.39 Å². The summed E-state index contributed by atoms with van der Waals surface area (Å²) in [7, 11) is 2.17. The van der Waals surface area contributed by atoms with Gasteiger partial charge in [-0.1, -0.05) is 19.1 Å². The summed E-state index contributed by atoms with van der Waals surface area (Å²) in [6.07, 6.45) is 9.29. The van der Waals surface area contributed by atoms with E-state index in [4.69, 9.17) is 4.74 Å². The Labute approximate surface area is 195 Å². The molecule has 6 nitrogen and oxygen atoms in total. The first-order valence-electron chi connectivity index (χ1n) is 12.1. The molecule has 0 radical (unpaired) electrons. The Kier molecular flexibility index (Phi) is 6.23. The quantitative estimate of drug-likeness (QED) is 0.577. The zero-order chi connectivity index (χ0) is 22.9. The van der Waals surface area contributed by atoms with E-state index in [1.54, 1.807) is 0 Å². The number of nitrogens with zero attached hydrogens (tertiary/aromatic N) is 3. The summed E-state index contributed by atoms with van der Waals surface area (Å²) in [5.41, 5.74) is 1.91. The van der Waals surface area contributed by atoms with Crippen molar-refractivity contribution in [2.24, 2.45) is 23.7 Å². The van der Waals surface area contributed by atoms with Crippen LogP contribution >= 0.6 is 0 Å². The lowest BCUT2D eigenvalue weighted by atomic mass is 9.91. The maximum Gasteiger partial charge on any atom is 0.229 e. The first kappa shape index (κ1) is 22.1. The van der Waals surface area contributed by atoms with Crippen molar-refractivity contribution in [1.29, 1.82) is 0 Å². The van der Waals surface area contributed by atoms with Gasteiger partial charge in [-0.3, -0.25) is 0 Å². The molecule has 3 aliphatic rings. The summed E-state index contributed by atoms with van der Waals surface area (Å²) in [6, 6.07) is 6.17. The molecule has 176 valence electrons. The van der Waals surface area contributed by atoms with E-state index in [1.165, 1.54) is 19.0 Å². The van der Waals surface area contributed by atoms with Crippen LogP contribution in [0.4, 0.5) is 21.8 Å². The smallest absolute Gasteiger partial charge is 0.229 e. The molecule has 4 atom stereocenters. The van der Waals surface area contributed by atoms with Gasteiger partial charge in [-0.05, 0) is 93.8 Å². The fourth-order valence-corrected chi connectivity index (χ4v) is 5.45. The van der Waals surface area contributed by atoms with E-state index in [2.05, 4.69) is 51.6 Å². The standard InChI is InChI=1S/C26H34FN5O/c1-16-12-21(6-7-23(16)33-15-18-8-10-32(3)11-9-18)29-26-28-14-22(27)25(31-26)30-24-17(2)19-4-5-20(24)13-19/h4-7,12,14,17-20,24H,8-11,13,15H2,1-3H3,(H2,28,29,30,31)/t17-,19+,20-,24-/m0/s1. The molecule has 2 heterocycles. The number of ether oxygens (including phenoxy) is 1. The van der Waals surface area contributed by atoms with Gasteiger partial charge in [0.1, 0.15) is 5.75 Å². The summed E-state index contributed by atoms with van der Waals surface area (Å²) < 4.78 is 20.6. The molecule has 1 saturated heterocycles. The lowest BCUT2D eigenvalue weighted by molar-refractivity contribution is 0.159. The van der Waals surface area contributed by atoms with Gasteiger partial charge >= 0.3 is 0 Å². The van der Waals surface area contributed by atoms with Gasteiger partial charge in [0.25, 0.3) is 0 Å². The molecule has 2 aromatic rings. The van der Waals surface area contributed by atoms with Crippen molar-refractivity contribution in [3.05, 3.63) is 47.9 Å². The molecule has 0 spiro atoms. The number of piperidine rings is 1. The minimum Gasteiger partial charge on any atom is -0.493 e. The average molecular weight is 452 g/mol. The number of allylic oxidation sites excluding steroid dienone is 1. The molecule has 5 rings (SSSR count). The first-order chi connectivity index (χ1) is 16.0. The SMILES string of the molecule is Cc1cc(Nc2ncc(F)c(N[C@H]3[C@@H](C)[C@@H]4C=C[C@H]3C4)n2)ccc1OCC1CCN(C)CC1. The highest BCUT2D eigenvalue weighted by Crippen LogP contribution is 2.44. The predicted octanol–water partition coefficient (Wildman–Crippen LogP) is 5.01. The topological polar surface area (TPSA) is 62.3 Å². The fourth-order valence-electron chi connectivity index (χ4n) is 5.45. The van der Waals surface area contributed by atoms with Gasteiger partial charge in [0.2, 0.25) is 5.95 Å². The Morgan fingerprint density at radius 2 is 1.97 bits per heavy atom. The Morgan fingerprint density at radius 1 is 1.18 bits per heavy atom. The van der Waals surface area contributed by atoms with Crippen LogP contribution < -0.4 is 15.4 Å². The summed E-state index contributed by atoms with van der Waals surface area (Å²) >= 11 is 0. The van der Waals surface area contributed by atoms with Crippen LogP contribution in [0.15, 0.2) is 36.5 Å². The van der Waals surface area contributed by atoms with Crippen LogP contribution in [0.3, 0.4) is 0 Å². The molecule has 2 aliphatic carbocycles. The normalized spacial score (nSPS) is 27.2. The summed E-state index contributed by atoms with van der Waals surface area (Å²) in [5.74, 6) is 3.23. The van der Waals surface area contributed by atoms with E-state index in [0.717, 1.165) is 43.1 Å². The highest BCUT2D eigenvalue weighted by atomic mass is 19.1. The third-order valence-electron chi connectivity index (χ3n) is 7.64. The highest BCUT2D eigenvalue weighted by Gasteiger charge is 2.42. The van der Waals surface area contributed by atoms with Crippen LogP contribution in [0, 0.1) is 36.4 Å². The third-order valence-corrected chi connectivity index (χ3v) is 7.64. The number of aromatic nitrogens is 2. The second-order valence-corrected chi connectivity index (χ2v) is 10.0. The second kappa shape index (κ2) is 9.29. The van der Waals surface area contributed by atoms with Crippen molar-refractivity contribution in [2.45, 2.75) is 39.2 Å². The number of rotatable bonds is 7. The van der Waals surface area contributed by atoms with Crippen LogP contribution in [0.1, 0.15) is 31.7 Å². The molecule has 33 heavy (non-hydrogen) atoms. The molecular formula is C26H34FN5O. The summed E-state index contributed by atoms with van der Waals surface area (Å²) in [4.78, 5) is 11.0. The van der Waals surface area contributed by atoms with Gasteiger partial charge in [0.15, 0.2) is 11.6 Å². The van der Waals surface area contributed by atoms with Gasteiger partial charge in [0.05, 0.1) is 12.8 Å². The van der Waals surface area contributed by atoms with Crippen LogP contribution in [-0.2, 0) is 0 Å². The second-order valence-electron chi connectivity index (χ2n) is 10.0. The van der Waals surface area contributed by atoms with Crippen molar-refractivity contribution in [2.75, 3.05) is 37.4 Å². The van der Waals surface area contributed by atoms with E-state index in [-0.39, 0.29) is 11.9 Å². The van der Waals surface area contributed by atoms with E-state index in [0.29, 0.717) is 29.6 Å². The Balaban J connectivity index is 1.21. The minimum atomic E-state index is -0.423. The number of benzene rings is 1. The molecule has 0 amide bonds. The maximum atomic E-state index is 14.5. The molecular weight excluding hydrogens is 417 g/mol. The van der Waals surface area contributed by atoms with Crippen molar-refractivity contribution in [3.63, 3.8) is 0 Å². The number of nitrogens with one attached hydrogen (secondary N) is 2. The van der Waals surface area contributed by atoms with E-state index < -0.39 is 5.82 Å². The largest absolute Gasteiger partial charge is 0.493 e. The maximum absolute atomic E-state index is 14.5. The molecule has 1 aliphatic heterocycles.